The van der Waals surface area contributed by atoms with Gasteiger partial charge in [0.15, 0.2) is 0 Å². The maximum absolute atomic E-state index is 12.3. The van der Waals surface area contributed by atoms with E-state index in [-0.39, 0.29) is 10.5 Å². The number of halogens is 4. The van der Waals surface area contributed by atoms with Crippen LogP contribution in [-0.4, -0.2) is 28.5 Å². The molecule has 1 aliphatic carbocycles. The van der Waals surface area contributed by atoms with Crippen LogP contribution in [0.25, 0.3) is 0 Å². The topological polar surface area (TPSA) is 72.9 Å². The fourth-order valence-corrected chi connectivity index (χ4v) is 2.98. The van der Waals surface area contributed by atoms with Crippen molar-refractivity contribution in [2.45, 2.75) is 38.0 Å². The maximum Gasteiger partial charge on any atom is 0.408 e. The van der Waals surface area contributed by atoms with Gasteiger partial charge in [-0.05, 0) is 41.2 Å². The summed E-state index contributed by atoms with van der Waals surface area (Å²) in [6.07, 6.45) is -0.287. The van der Waals surface area contributed by atoms with Crippen LogP contribution in [0.4, 0.5) is 18.9 Å². The van der Waals surface area contributed by atoms with Crippen LogP contribution in [0, 0.1) is 5.92 Å². The maximum atomic E-state index is 12.3. The van der Waals surface area contributed by atoms with Crippen LogP contribution < -0.4 is 16.6 Å². The molecular weight excluding hydrogens is 353 g/mol. The summed E-state index contributed by atoms with van der Waals surface area (Å²) in [4.78, 5) is 11.9. The number of nitrogens with two attached hydrogens (primary N) is 1. The van der Waals surface area contributed by atoms with E-state index < -0.39 is 18.3 Å². The van der Waals surface area contributed by atoms with Gasteiger partial charge in [-0.2, -0.15) is 18.3 Å². The molecule has 0 amide bonds. The fourth-order valence-electron chi connectivity index (χ4n) is 2.56. The van der Waals surface area contributed by atoms with E-state index in [1.165, 1.54) is 6.20 Å². The largest absolute Gasteiger partial charge is 0.408 e. The predicted molar refractivity (Wildman–Crippen MR) is 76.1 cm³/mol. The summed E-state index contributed by atoms with van der Waals surface area (Å²) in [6, 6.07) is 0.117. The molecule has 0 saturated heterocycles. The zero-order chi connectivity index (χ0) is 15.6. The molecule has 5 nitrogen and oxygen atoms in total. The summed E-state index contributed by atoms with van der Waals surface area (Å²) in [5, 5.41) is 6.73. The summed E-state index contributed by atoms with van der Waals surface area (Å²) in [6.45, 7) is -0.868. The Bertz CT molecular complexity index is 560. The van der Waals surface area contributed by atoms with E-state index in [1.54, 1.807) is 0 Å². The highest BCUT2D eigenvalue weighted by molar-refractivity contribution is 9.10. The fraction of sp³-hybridized carbons (Fsp3) is 0.667. The van der Waals surface area contributed by atoms with E-state index in [0.717, 1.165) is 19.3 Å². The van der Waals surface area contributed by atoms with Gasteiger partial charge >= 0.3 is 6.18 Å². The average molecular weight is 369 g/mol. The molecule has 2 atom stereocenters. The predicted octanol–water partition coefficient (Wildman–Crippen LogP) is 2.11. The van der Waals surface area contributed by atoms with E-state index in [9.17, 15) is 18.0 Å². The molecular formula is C12H16BrF3N4O. The highest BCUT2D eigenvalue weighted by Crippen LogP contribution is 2.29. The second-order valence-electron chi connectivity index (χ2n) is 5.13. The van der Waals surface area contributed by atoms with Gasteiger partial charge in [0.05, 0.1) is 11.9 Å². The second kappa shape index (κ2) is 6.35. The lowest BCUT2D eigenvalue weighted by Crippen LogP contribution is -2.33. The van der Waals surface area contributed by atoms with Gasteiger partial charge in [-0.25, -0.2) is 4.68 Å². The van der Waals surface area contributed by atoms with Crippen molar-refractivity contribution in [1.82, 2.24) is 9.78 Å². The minimum absolute atomic E-state index is 0.0596. The Labute approximate surface area is 127 Å². The number of hydrogen-bond donors (Lipinski definition) is 2. The van der Waals surface area contributed by atoms with Crippen LogP contribution >= 0.6 is 15.9 Å². The third kappa shape index (κ3) is 3.97. The molecule has 1 heterocycles. The molecule has 3 N–H and O–H groups in total. The molecule has 1 fully saturated rings. The van der Waals surface area contributed by atoms with Gasteiger partial charge < -0.3 is 11.1 Å². The van der Waals surface area contributed by atoms with Crippen LogP contribution in [-0.2, 0) is 6.54 Å². The van der Waals surface area contributed by atoms with Crippen LogP contribution in [0.2, 0.25) is 0 Å². The molecule has 2 unspecified atom stereocenters. The zero-order valence-electron chi connectivity index (χ0n) is 11.2. The Balaban J connectivity index is 2.19. The molecule has 1 aromatic heterocycles. The van der Waals surface area contributed by atoms with Crippen molar-refractivity contribution in [1.29, 1.82) is 0 Å². The molecule has 2 rings (SSSR count). The molecule has 118 valence electrons. The van der Waals surface area contributed by atoms with Crippen LogP contribution in [0.3, 0.4) is 0 Å². The Morgan fingerprint density at radius 3 is 2.81 bits per heavy atom. The Kier molecular flexibility index (Phi) is 4.92. The summed E-state index contributed by atoms with van der Waals surface area (Å²) in [7, 11) is 0. The van der Waals surface area contributed by atoms with Crippen molar-refractivity contribution in [3.63, 3.8) is 0 Å². The monoisotopic (exact) mass is 368 g/mol. The number of nitrogens with one attached hydrogen (secondary N) is 1. The van der Waals surface area contributed by atoms with Gasteiger partial charge in [-0.3, -0.25) is 4.79 Å². The molecule has 0 spiro atoms. The number of anilines is 1. The minimum Gasteiger partial charge on any atom is -0.380 e. The standard InChI is InChI=1S/C12H16BrF3N4O/c13-10-9(19-8-3-1-2-7(8)4-17)5-18-20(11(10)21)6-12(14,15)16/h5,7-8,19H,1-4,6,17H2. The molecule has 21 heavy (non-hydrogen) atoms. The van der Waals surface area contributed by atoms with Gasteiger partial charge in [0.25, 0.3) is 5.56 Å². The van der Waals surface area contributed by atoms with Crippen molar-refractivity contribution in [2.24, 2.45) is 11.7 Å². The smallest absolute Gasteiger partial charge is 0.380 e. The first-order chi connectivity index (χ1) is 9.81. The van der Waals surface area contributed by atoms with Crippen molar-refractivity contribution in [3.05, 3.63) is 21.0 Å². The number of alkyl halides is 3. The average Bonchev–Trinajstić information content (AvgIpc) is 2.84. The lowest BCUT2D eigenvalue weighted by atomic mass is 10.0. The van der Waals surface area contributed by atoms with Crippen LogP contribution in [0.15, 0.2) is 15.5 Å². The molecule has 0 radical (unpaired) electrons. The summed E-state index contributed by atoms with van der Waals surface area (Å²) in [5.41, 5.74) is 5.28. The van der Waals surface area contributed by atoms with Gasteiger partial charge in [-0.15, -0.1) is 0 Å². The van der Waals surface area contributed by atoms with Crippen molar-refractivity contribution in [3.8, 4) is 0 Å². The lowest BCUT2D eigenvalue weighted by Gasteiger charge is -2.21. The number of rotatable bonds is 4. The Morgan fingerprint density at radius 2 is 2.19 bits per heavy atom. The zero-order valence-corrected chi connectivity index (χ0v) is 12.7. The quantitative estimate of drug-likeness (QED) is 0.853. The van der Waals surface area contributed by atoms with E-state index in [1.807, 2.05) is 0 Å². The Morgan fingerprint density at radius 1 is 1.48 bits per heavy atom. The third-order valence-corrected chi connectivity index (χ3v) is 4.38. The Hall–Kier alpha value is -1.09. The van der Waals surface area contributed by atoms with Gasteiger partial charge in [0.2, 0.25) is 0 Å². The minimum atomic E-state index is -4.48. The summed E-state index contributed by atoms with van der Waals surface area (Å²) in [5.74, 6) is 0.300. The molecule has 0 aromatic carbocycles. The van der Waals surface area contributed by atoms with Crippen molar-refractivity contribution >= 4 is 21.6 Å². The van der Waals surface area contributed by atoms with E-state index in [0.29, 0.717) is 22.8 Å². The molecule has 1 saturated carbocycles. The molecule has 1 aliphatic rings. The summed E-state index contributed by atoms with van der Waals surface area (Å²) >= 11 is 3.05. The van der Waals surface area contributed by atoms with E-state index in [4.69, 9.17) is 5.73 Å². The van der Waals surface area contributed by atoms with Gasteiger partial charge in [0, 0.05) is 6.04 Å². The first-order valence-corrected chi connectivity index (χ1v) is 7.40. The first-order valence-electron chi connectivity index (χ1n) is 6.61. The highest BCUT2D eigenvalue weighted by atomic mass is 79.9. The van der Waals surface area contributed by atoms with Crippen molar-refractivity contribution in [2.75, 3.05) is 11.9 Å². The number of hydrogen-bond acceptors (Lipinski definition) is 4. The number of nitrogens with zero attached hydrogens (tertiary/aromatic N) is 2. The lowest BCUT2D eigenvalue weighted by molar-refractivity contribution is -0.143. The second-order valence-corrected chi connectivity index (χ2v) is 5.92. The van der Waals surface area contributed by atoms with Crippen LogP contribution in [0.1, 0.15) is 19.3 Å². The van der Waals surface area contributed by atoms with E-state index >= 15 is 0 Å². The third-order valence-electron chi connectivity index (χ3n) is 3.62. The van der Waals surface area contributed by atoms with E-state index in [2.05, 4.69) is 26.3 Å². The van der Waals surface area contributed by atoms with Crippen LogP contribution in [0.5, 0.6) is 0 Å². The molecule has 1 aromatic rings. The van der Waals surface area contributed by atoms with Crippen molar-refractivity contribution < 1.29 is 13.2 Å². The van der Waals surface area contributed by atoms with Gasteiger partial charge in [-0.1, -0.05) is 6.42 Å². The molecule has 0 aliphatic heterocycles. The molecule has 9 heteroatoms. The van der Waals surface area contributed by atoms with Gasteiger partial charge in [0.1, 0.15) is 11.0 Å². The normalized spacial score (nSPS) is 22.5. The first kappa shape index (κ1) is 16.3. The SMILES string of the molecule is NCC1CCCC1Nc1cnn(CC(F)(F)F)c(=O)c1Br. The number of aromatic nitrogens is 2. The summed E-state index contributed by atoms with van der Waals surface area (Å²) < 4.78 is 37.5. The highest BCUT2D eigenvalue weighted by Gasteiger charge is 2.30. The molecule has 0 bridgehead atoms.